The third kappa shape index (κ3) is 3.71. The number of carbonyl (C=O) groups excluding carboxylic acids is 1. The molecule has 0 saturated heterocycles. The van der Waals surface area contributed by atoms with Gasteiger partial charge in [-0.05, 0) is 24.6 Å². The summed E-state index contributed by atoms with van der Waals surface area (Å²) in [5.74, 6) is -0.0502. The van der Waals surface area contributed by atoms with Gasteiger partial charge in [-0.3, -0.25) is 4.79 Å². The fourth-order valence-corrected chi connectivity index (χ4v) is 2.16. The highest BCUT2D eigenvalue weighted by Gasteiger charge is 2.26. The summed E-state index contributed by atoms with van der Waals surface area (Å²) in [6, 6.07) is 4.31. The Morgan fingerprint density at radius 2 is 2.00 bits per heavy atom. The summed E-state index contributed by atoms with van der Waals surface area (Å²) in [5, 5.41) is 7.81. The summed E-state index contributed by atoms with van der Waals surface area (Å²) in [4.78, 5) is 11.9. The van der Waals surface area contributed by atoms with Gasteiger partial charge in [-0.2, -0.15) is 0 Å². The van der Waals surface area contributed by atoms with Crippen LogP contribution in [-0.2, 0) is 14.8 Å². The second-order valence-electron chi connectivity index (χ2n) is 5.10. The number of hydrogen-bond donors (Lipinski definition) is 2. The van der Waals surface area contributed by atoms with E-state index in [1.54, 1.807) is 6.07 Å². The van der Waals surface area contributed by atoms with E-state index in [1.165, 1.54) is 19.2 Å². The minimum absolute atomic E-state index is 0.139. The Morgan fingerprint density at radius 3 is 2.45 bits per heavy atom. The van der Waals surface area contributed by atoms with Crippen molar-refractivity contribution < 1.29 is 17.9 Å². The highest BCUT2D eigenvalue weighted by Crippen LogP contribution is 2.28. The SMILES string of the molecule is CCC(C)(C)C(=O)Nc1ccc(OC)c(S(N)(=O)=O)c1. The highest BCUT2D eigenvalue weighted by atomic mass is 32.2. The van der Waals surface area contributed by atoms with Gasteiger partial charge in [-0.1, -0.05) is 20.8 Å². The van der Waals surface area contributed by atoms with Gasteiger partial charge in [0.1, 0.15) is 10.6 Å². The number of carbonyl (C=O) groups is 1. The van der Waals surface area contributed by atoms with Crippen LogP contribution in [0.5, 0.6) is 5.75 Å². The molecule has 0 aromatic heterocycles. The molecule has 0 fully saturated rings. The van der Waals surface area contributed by atoms with Gasteiger partial charge < -0.3 is 10.1 Å². The van der Waals surface area contributed by atoms with Crippen LogP contribution in [0.3, 0.4) is 0 Å². The first-order chi connectivity index (χ1) is 9.11. The first kappa shape index (κ1) is 16.5. The summed E-state index contributed by atoms with van der Waals surface area (Å²) < 4.78 is 27.9. The topological polar surface area (TPSA) is 98.5 Å². The smallest absolute Gasteiger partial charge is 0.241 e. The fraction of sp³-hybridized carbons (Fsp3) is 0.462. The molecule has 0 atom stereocenters. The number of primary sulfonamides is 1. The van der Waals surface area contributed by atoms with Gasteiger partial charge in [-0.25, -0.2) is 13.6 Å². The molecule has 1 rings (SSSR count). The monoisotopic (exact) mass is 300 g/mol. The van der Waals surface area contributed by atoms with E-state index in [9.17, 15) is 13.2 Å². The maximum absolute atomic E-state index is 12.1. The van der Waals surface area contributed by atoms with Crippen molar-refractivity contribution in [2.24, 2.45) is 10.6 Å². The Bertz CT molecular complexity index is 609. The van der Waals surface area contributed by atoms with Crippen LogP contribution in [0.2, 0.25) is 0 Å². The summed E-state index contributed by atoms with van der Waals surface area (Å²) >= 11 is 0. The van der Waals surface area contributed by atoms with Crippen LogP contribution >= 0.6 is 0 Å². The third-order valence-corrected chi connectivity index (χ3v) is 4.16. The van der Waals surface area contributed by atoms with E-state index >= 15 is 0 Å². The van der Waals surface area contributed by atoms with Crippen molar-refractivity contribution in [3.8, 4) is 5.75 Å². The molecule has 0 aliphatic carbocycles. The molecular formula is C13H20N2O4S. The van der Waals surface area contributed by atoms with Crippen LogP contribution in [-0.4, -0.2) is 21.4 Å². The van der Waals surface area contributed by atoms with Crippen molar-refractivity contribution in [3.05, 3.63) is 18.2 Å². The zero-order valence-electron chi connectivity index (χ0n) is 12.1. The van der Waals surface area contributed by atoms with Crippen molar-refractivity contribution in [1.82, 2.24) is 0 Å². The molecule has 1 aromatic rings. The number of methoxy groups -OCH3 is 1. The molecule has 6 nitrogen and oxygen atoms in total. The normalized spacial score (nSPS) is 12.1. The lowest BCUT2D eigenvalue weighted by atomic mass is 9.89. The molecule has 0 aliphatic rings. The number of benzene rings is 1. The lowest BCUT2D eigenvalue weighted by Crippen LogP contribution is -2.30. The van der Waals surface area contributed by atoms with E-state index in [2.05, 4.69) is 5.32 Å². The molecular weight excluding hydrogens is 280 g/mol. The van der Waals surface area contributed by atoms with Crippen LogP contribution < -0.4 is 15.2 Å². The zero-order valence-corrected chi connectivity index (χ0v) is 12.9. The van der Waals surface area contributed by atoms with Gasteiger partial charge in [0.25, 0.3) is 0 Å². The van der Waals surface area contributed by atoms with Crippen molar-refractivity contribution in [3.63, 3.8) is 0 Å². The predicted molar refractivity (Wildman–Crippen MR) is 77.1 cm³/mol. The number of hydrogen-bond acceptors (Lipinski definition) is 4. The zero-order chi connectivity index (χ0) is 15.6. The Balaban J connectivity index is 3.14. The molecule has 0 spiro atoms. The average Bonchev–Trinajstić information content (AvgIpc) is 2.37. The number of anilines is 1. The molecule has 0 saturated carbocycles. The molecule has 0 bridgehead atoms. The molecule has 0 heterocycles. The van der Waals surface area contributed by atoms with Crippen molar-refractivity contribution in [2.45, 2.75) is 32.1 Å². The minimum atomic E-state index is -3.92. The summed E-state index contributed by atoms with van der Waals surface area (Å²) in [6.07, 6.45) is 0.664. The summed E-state index contributed by atoms with van der Waals surface area (Å²) in [6.45, 7) is 5.53. The highest BCUT2D eigenvalue weighted by molar-refractivity contribution is 7.89. The fourth-order valence-electron chi connectivity index (χ4n) is 1.44. The Kier molecular flexibility index (Phi) is 4.77. The Labute approximate surface area is 119 Å². The van der Waals surface area contributed by atoms with Crippen LogP contribution in [0.4, 0.5) is 5.69 Å². The molecule has 0 unspecified atom stereocenters. The van der Waals surface area contributed by atoms with Crippen LogP contribution in [0, 0.1) is 5.41 Å². The third-order valence-electron chi connectivity index (χ3n) is 3.23. The predicted octanol–water partition coefficient (Wildman–Crippen LogP) is 1.72. The Hall–Kier alpha value is -1.60. The van der Waals surface area contributed by atoms with Crippen molar-refractivity contribution >= 4 is 21.6 Å². The van der Waals surface area contributed by atoms with Crippen LogP contribution in [0.25, 0.3) is 0 Å². The maximum atomic E-state index is 12.1. The number of sulfonamides is 1. The average molecular weight is 300 g/mol. The number of nitrogens with one attached hydrogen (secondary N) is 1. The molecule has 20 heavy (non-hydrogen) atoms. The van der Waals surface area contributed by atoms with E-state index in [-0.39, 0.29) is 16.6 Å². The first-order valence-corrected chi connectivity index (χ1v) is 7.68. The maximum Gasteiger partial charge on any atom is 0.241 e. The van der Waals surface area contributed by atoms with Gasteiger partial charge in [0.15, 0.2) is 0 Å². The van der Waals surface area contributed by atoms with Crippen molar-refractivity contribution in [2.75, 3.05) is 12.4 Å². The van der Waals surface area contributed by atoms with E-state index in [0.717, 1.165) is 0 Å². The lowest BCUT2D eigenvalue weighted by Gasteiger charge is -2.21. The number of amides is 1. The van der Waals surface area contributed by atoms with Crippen molar-refractivity contribution in [1.29, 1.82) is 0 Å². The van der Waals surface area contributed by atoms with Gasteiger partial charge in [0, 0.05) is 11.1 Å². The molecule has 0 aliphatic heterocycles. The van der Waals surface area contributed by atoms with E-state index < -0.39 is 15.4 Å². The summed E-state index contributed by atoms with van der Waals surface area (Å²) in [7, 11) is -2.57. The molecule has 7 heteroatoms. The van der Waals surface area contributed by atoms with Gasteiger partial charge in [0.2, 0.25) is 15.9 Å². The van der Waals surface area contributed by atoms with Gasteiger partial charge in [0.05, 0.1) is 7.11 Å². The van der Waals surface area contributed by atoms with Gasteiger partial charge >= 0.3 is 0 Å². The van der Waals surface area contributed by atoms with Crippen LogP contribution in [0.15, 0.2) is 23.1 Å². The molecule has 1 amide bonds. The van der Waals surface area contributed by atoms with Gasteiger partial charge in [-0.15, -0.1) is 0 Å². The minimum Gasteiger partial charge on any atom is -0.495 e. The van der Waals surface area contributed by atoms with Crippen LogP contribution in [0.1, 0.15) is 27.2 Å². The molecule has 112 valence electrons. The van der Waals surface area contributed by atoms with E-state index in [1.807, 2.05) is 20.8 Å². The lowest BCUT2D eigenvalue weighted by molar-refractivity contribution is -0.124. The quantitative estimate of drug-likeness (QED) is 0.865. The number of ether oxygens (including phenoxy) is 1. The first-order valence-electron chi connectivity index (χ1n) is 6.14. The standard InChI is InChI=1S/C13H20N2O4S/c1-5-13(2,3)12(16)15-9-6-7-10(19-4)11(8-9)20(14,17)18/h6-8H,5H2,1-4H3,(H,15,16)(H2,14,17,18). The summed E-state index contributed by atoms with van der Waals surface area (Å²) in [5.41, 5.74) is -0.178. The second kappa shape index (κ2) is 5.80. The largest absolute Gasteiger partial charge is 0.495 e. The number of nitrogens with two attached hydrogens (primary N) is 1. The molecule has 0 radical (unpaired) electrons. The van der Waals surface area contributed by atoms with E-state index in [0.29, 0.717) is 12.1 Å². The molecule has 1 aromatic carbocycles. The van der Waals surface area contributed by atoms with E-state index in [4.69, 9.17) is 9.88 Å². The number of rotatable bonds is 5. The Morgan fingerprint density at radius 1 is 1.40 bits per heavy atom. The molecule has 3 N–H and O–H groups in total. The second-order valence-corrected chi connectivity index (χ2v) is 6.63.